The van der Waals surface area contributed by atoms with Crippen molar-refractivity contribution in [3.05, 3.63) is 59.7 Å². The molecule has 5 nitrogen and oxygen atoms in total. The molecule has 2 aromatic carbocycles. The number of rotatable bonds is 5. The van der Waals surface area contributed by atoms with E-state index in [1.807, 2.05) is 0 Å². The molecule has 1 saturated carbocycles. The standard InChI is InChI=1S/C21H21F3N2O3S/c1-30(28,29)25-13-9-10-26(12-13)20(27)21(24)11-16(21)14-5-2-3-6-15(14)19-17(22)7-4-8-18(19)23/h2-8,13,16,25H,9-12H2,1H3/t13-,16-,21-/m0/s1. The lowest BCUT2D eigenvalue weighted by atomic mass is 9.94. The normalized spacial score (nSPS) is 26.1. The average Bonchev–Trinajstić information content (AvgIpc) is 3.15. The van der Waals surface area contributed by atoms with Gasteiger partial charge in [-0.3, -0.25) is 4.79 Å². The van der Waals surface area contributed by atoms with Gasteiger partial charge >= 0.3 is 0 Å². The molecule has 3 atom stereocenters. The summed E-state index contributed by atoms with van der Waals surface area (Å²) in [4.78, 5) is 14.1. The number of benzene rings is 2. The zero-order chi connectivity index (χ0) is 21.7. The average molecular weight is 438 g/mol. The molecule has 0 bridgehead atoms. The van der Waals surface area contributed by atoms with Crippen molar-refractivity contribution < 1.29 is 26.4 Å². The van der Waals surface area contributed by atoms with Crippen molar-refractivity contribution in [3.8, 4) is 11.1 Å². The van der Waals surface area contributed by atoms with Gasteiger partial charge in [-0.2, -0.15) is 0 Å². The Hall–Kier alpha value is -2.39. The Kier molecular flexibility index (Phi) is 5.14. The van der Waals surface area contributed by atoms with Crippen LogP contribution in [-0.2, 0) is 14.8 Å². The van der Waals surface area contributed by atoms with E-state index in [1.54, 1.807) is 18.2 Å². The quantitative estimate of drug-likeness (QED) is 0.781. The predicted molar refractivity (Wildman–Crippen MR) is 106 cm³/mol. The number of hydrogen-bond donors (Lipinski definition) is 1. The first-order valence-corrected chi connectivity index (χ1v) is 11.5. The van der Waals surface area contributed by atoms with Gasteiger partial charge in [0.1, 0.15) is 11.6 Å². The van der Waals surface area contributed by atoms with E-state index >= 15 is 4.39 Å². The van der Waals surface area contributed by atoms with E-state index in [0.717, 1.165) is 18.4 Å². The van der Waals surface area contributed by atoms with Gasteiger partial charge in [0.25, 0.3) is 5.91 Å². The molecular weight excluding hydrogens is 417 g/mol. The SMILES string of the molecule is CS(=O)(=O)N[C@H]1CCN(C(=O)[C@]2(F)C[C@H]2c2ccccc2-c2c(F)cccc2F)C1. The summed E-state index contributed by atoms with van der Waals surface area (Å²) >= 11 is 0. The van der Waals surface area contributed by atoms with E-state index in [9.17, 15) is 22.0 Å². The van der Waals surface area contributed by atoms with Crippen LogP contribution in [0.4, 0.5) is 13.2 Å². The van der Waals surface area contributed by atoms with Crippen LogP contribution < -0.4 is 4.72 Å². The third-order valence-electron chi connectivity index (χ3n) is 5.67. The molecule has 0 aromatic heterocycles. The van der Waals surface area contributed by atoms with Crippen LogP contribution in [0.2, 0.25) is 0 Å². The molecule has 0 radical (unpaired) electrons. The van der Waals surface area contributed by atoms with Gasteiger partial charge in [0, 0.05) is 31.5 Å². The Morgan fingerprint density at radius 1 is 1.13 bits per heavy atom. The predicted octanol–water partition coefficient (Wildman–Crippen LogP) is 2.98. The van der Waals surface area contributed by atoms with Crippen LogP contribution in [0, 0.1) is 11.6 Å². The highest BCUT2D eigenvalue weighted by Crippen LogP contribution is 2.57. The van der Waals surface area contributed by atoms with E-state index in [0.29, 0.717) is 12.0 Å². The highest BCUT2D eigenvalue weighted by molar-refractivity contribution is 7.88. The van der Waals surface area contributed by atoms with Crippen LogP contribution in [0.15, 0.2) is 42.5 Å². The second-order valence-corrected chi connectivity index (χ2v) is 9.71. The molecule has 9 heteroatoms. The van der Waals surface area contributed by atoms with Gasteiger partial charge < -0.3 is 4.90 Å². The molecule has 1 aliphatic heterocycles. The Labute approximate surface area is 172 Å². The van der Waals surface area contributed by atoms with Gasteiger partial charge in [-0.1, -0.05) is 30.3 Å². The first-order chi connectivity index (χ1) is 14.1. The van der Waals surface area contributed by atoms with Crippen molar-refractivity contribution in [1.82, 2.24) is 9.62 Å². The largest absolute Gasteiger partial charge is 0.338 e. The first kappa shape index (κ1) is 20.9. The molecule has 0 spiro atoms. The summed E-state index contributed by atoms with van der Waals surface area (Å²) in [6.07, 6.45) is 1.35. The molecule has 1 aliphatic carbocycles. The highest BCUT2D eigenvalue weighted by atomic mass is 32.2. The lowest BCUT2D eigenvalue weighted by molar-refractivity contribution is -0.137. The van der Waals surface area contributed by atoms with Crippen LogP contribution in [0.5, 0.6) is 0 Å². The van der Waals surface area contributed by atoms with Crippen molar-refractivity contribution in [3.63, 3.8) is 0 Å². The summed E-state index contributed by atoms with van der Waals surface area (Å²) in [6, 6.07) is 9.42. The number of halogens is 3. The number of nitrogens with zero attached hydrogens (tertiary/aromatic N) is 1. The Balaban J connectivity index is 1.57. The number of amides is 1. The lowest BCUT2D eigenvalue weighted by Crippen LogP contribution is -2.41. The van der Waals surface area contributed by atoms with E-state index in [4.69, 9.17) is 0 Å². The zero-order valence-corrected chi connectivity index (χ0v) is 17.1. The van der Waals surface area contributed by atoms with Gasteiger partial charge in [0.15, 0.2) is 5.67 Å². The molecule has 4 rings (SSSR count). The first-order valence-electron chi connectivity index (χ1n) is 9.59. The van der Waals surface area contributed by atoms with Crippen LogP contribution in [-0.4, -0.2) is 50.3 Å². The minimum Gasteiger partial charge on any atom is -0.338 e. The van der Waals surface area contributed by atoms with E-state index < -0.39 is 45.2 Å². The van der Waals surface area contributed by atoms with Crippen molar-refractivity contribution in [2.45, 2.75) is 30.5 Å². The van der Waals surface area contributed by atoms with E-state index in [-0.39, 0.29) is 30.6 Å². The van der Waals surface area contributed by atoms with Gasteiger partial charge in [0.2, 0.25) is 10.0 Å². The van der Waals surface area contributed by atoms with Crippen LogP contribution in [0.1, 0.15) is 24.3 Å². The minimum atomic E-state index is -3.43. The summed E-state index contributed by atoms with van der Waals surface area (Å²) in [7, 11) is -3.43. The van der Waals surface area contributed by atoms with E-state index in [2.05, 4.69) is 4.72 Å². The molecule has 1 saturated heterocycles. The monoisotopic (exact) mass is 438 g/mol. The number of sulfonamides is 1. The van der Waals surface area contributed by atoms with Crippen LogP contribution >= 0.6 is 0 Å². The number of hydrogen-bond acceptors (Lipinski definition) is 3. The maximum atomic E-state index is 15.5. The molecular formula is C21H21F3N2O3S. The molecule has 2 aromatic rings. The molecule has 1 N–H and O–H groups in total. The maximum Gasteiger partial charge on any atom is 0.260 e. The fourth-order valence-corrected chi connectivity index (χ4v) is 5.02. The second-order valence-electron chi connectivity index (χ2n) is 7.93. The summed E-state index contributed by atoms with van der Waals surface area (Å²) in [5, 5.41) is 0. The molecule has 2 fully saturated rings. The summed E-state index contributed by atoms with van der Waals surface area (Å²) in [6.45, 7) is 0.335. The topological polar surface area (TPSA) is 66.5 Å². The number of carbonyl (C=O) groups excluding carboxylic acids is 1. The molecule has 30 heavy (non-hydrogen) atoms. The Morgan fingerprint density at radius 3 is 2.47 bits per heavy atom. The summed E-state index contributed by atoms with van der Waals surface area (Å²) in [5.74, 6) is -3.04. The maximum absolute atomic E-state index is 15.5. The fraction of sp³-hybridized carbons (Fsp3) is 0.381. The number of carbonyl (C=O) groups is 1. The smallest absolute Gasteiger partial charge is 0.260 e. The molecule has 160 valence electrons. The Morgan fingerprint density at radius 2 is 1.80 bits per heavy atom. The highest BCUT2D eigenvalue weighted by Gasteiger charge is 2.64. The van der Waals surface area contributed by atoms with Crippen molar-refractivity contribution in [1.29, 1.82) is 0 Å². The molecule has 2 aliphatic rings. The Bertz CT molecular complexity index is 1090. The number of nitrogens with one attached hydrogen (secondary N) is 1. The second kappa shape index (κ2) is 7.39. The third kappa shape index (κ3) is 3.83. The number of likely N-dealkylation sites (tertiary alicyclic amines) is 1. The summed E-state index contributed by atoms with van der Waals surface area (Å²) in [5.41, 5.74) is -1.81. The third-order valence-corrected chi connectivity index (χ3v) is 6.43. The molecule has 1 amide bonds. The van der Waals surface area contributed by atoms with Crippen molar-refractivity contribution in [2.24, 2.45) is 0 Å². The van der Waals surface area contributed by atoms with Crippen molar-refractivity contribution >= 4 is 15.9 Å². The zero-order valence-electron chi connectivity index (χ0n) is 16.2. The summed E-state index contributed by atoms with van der Waals surface area (Å²) < 4.78 is 69.4. The number of alkyl halides is 1. The van der Waals surface area contributed by atoms with Gasteiger partial charge in [-0.25, -0.2) is 26.3 Å². The molecule has 0 unspecified atom stereocenters. The van der Waals surface area contributed by atoms with Crippen LogP contribution in [0.3, 0.4) is 0 Å². The van der Waals surface area contributed by atoms with E-state index in [1.165, 1.54) is 17.0 Å². The van der Waals surface area contributed by atoms with Gasteiger partial charge in [-0.05, 0) is 29.7 Å². The minimum absolute atomic E-state index is 0.0837. The fourth-order valence-electron chi connectivity index (χ4n) is 4.22. The van der Waals surface area contributed by atoms with Gasteiger partial charge in [-0.15, -0.1) is 0 Å². The van der Waals surface area contributed by atoms with Gasteiger partial charge in [0.05, 0.1) is 11.8 Å². The lowest BCUT2D eigenvalue weighted by Gasteiger charge is -2.20. The molecule has 1 heterocycles. The van der Waals surface area contributed by atoms with Crippen LogP contribution in [0.25, 0.3) is 11.1 Å². The van der Waals surface area contributed by atoms with Crippen molar-refractivity contribution in [2.75, 3.05) is 19.3 Å².